The Morgan fingerprint density at radius 3 is 2.27 bits per heavy atom. The maximum absolute atomic E-state index is 12.5. The van der Waals surface area contributed by atoms with Crippen molar-refractivity contribution in [1.82, 2.24) is 0 Å². The molecule has 3 aromatic carbocycles. The van der Waals surface area contributed by atoms with Crippen molar-refractivity contribution < 1.29 is 19.1 Å². The third-order valence-electron chi connectivity index (χ3n) is 5.02. The van der Waals surface area contributed by atoms with Crippen LogP contribution in [-0.4, -0.2) is 18.5 Å². The number of carbonyl (C=O) groups excluding carboxylic acids is 2. The van der Waals surface area contributed by atoms with Crippen LogP contribution in [-0.2, 0) is 4.79 Å². The highest BCUT2D eigenvalue weighted by Gasteiger charge is 2.09. The molecule has 0 saturated heterocycles. The highest BCUT2D eigenvalue weighted by Crippen LogP contribution is 2.19. The molecular formula is C28H29NO4. The second-order valence-electron chi connectivity index (χ2n) is 7.82. The number of hydrogen-bond donors (Lipinski definition) is 1. The summed E-state index contributed by atoms with van der Waals surface area (Å²) >= 11 is 0. The van der Waals surface area contributed by atoms with E-state index in [2.05, 4.69) is 12.2 Å². The Balaban J connectivity index is 1.52. The number of nitrogens with one attached hydrogen (secondary N) is 1. The van der Waals surface area contributed by atoms with Crippen molar-refractivity contribution in [2.45, 2.75) is 33.6 Å². The Kier molecular flexibility index (Phi) is 8.42. The van der Waals surface area contributed by atoms with Crippen LogP contribution in [0.2, 0.25) is 0 Å². The summed E-state index contributed by atoms with van der Waals surface area (Å²) in [4.78, 5) is 24.6. The van der Waals surface area contributed by atoms with E-state index in [1.807, 2.05) is 56.3 Å². The summed E-state index contributed by atoms with van der Waals surface area (Å²) in [7, 11) is 0. The van der Waals surface area contributed by atoms with Crippen molar-refractivity contribution in [2.75, 3.05) is 11.9 Å². The van der Waals surface area contributed by atoms with E-state index in [9.17, 15) is 9.59 Å². The Morgan fingerprint density at radius 2 is 1.61 bits per heavy atom. The largest absolute Gasteiger partial charge is 0.494 e. The molecule has 5 nitrogen and oxygen atoms in total. The first kappa shape index (κ1) is 23.8. The highest BCUT2D eigenvalue weighted by molar-refractivity contribution is 6.04. The first-order valence-corrected chi connectivity index (χ1v) is 11.1. The van der Waals surface area contributed by atoms with E-state index in [4.69, 9.17) is 9.47 Å². The summed E-state index contributed by atoms with van der Waals surface area (Å²) in [5.74, 6) is 0.463. The summed E-state index contributed by atoms with van der Waals surface area (Å²) in [6.45, 7) is 6.78. The molecule has 3 aromatic rings. The molecule has 170 valence electrons. The molecule has 0 bridgehead atoms. The smallest absolute Gasteiger partial charge is 0.336 e. The number of hydrogen-bond acceptors (Lipinski definition) is 4. The first-order chi connectivity index (χ1) is 15.9. The zero-order valence-corrected chi connectivity index (χ0v) is 19.3. The lowest BCUT2D eigenvalue weighted by Gasteiger charge is -2.09. The van der Waals surface area contributed by atoms with Crippen molar-refractivity contribution in [3.05, 3.63) is 95.1 Å². The third-order valence-corrected chi connectivity index (χ3v) is 5.02. The molecule has 3 rings (SSSR count). The van der Waals surface area contributed by atoms with Gasteiger partial charge in [0.1, 0.15) is 11.5 Å². The van der Waals surface area contributed by atoms with E-state index in [-0.39, 0.29) is 5.91 Å². The standard InChI is InChI=1S/C28H29NO4/c1-4-5-18-32-24-12-7-22(8-13-24)9-17-27(30)33-25-14-10-23(11-15-25)28(31)29-26-16-6-20(2)19-21(26)3/h6-17,19H,4-5,18H2,1-3H3,(H,29,31)/b17-9+. The zero-order chi connectivity index (χ0) is 23.6. The maximum atomic E-state index is 12.5. The first-order valence-electron chi connectivity index (χ1n) is 11.1. The summed E-state index contributed by atoms with van der Waals surface area (Å²) in [5.41, 5.74) is 4.25. The van der Waals surface area contributed by atoms with Crippen LogP contribution in [0.1, 0.15) is 46.8 Å². The minimum atomic E-state index is -0.495. The molecule has 1 N–H and O–H groups in total. The van der Waals surface area contributed by atoms with E-state index in [1.165, 1.54) is 6.08 Å². The minimum absolute atomic E-state index is 0.221. The van der Waals surface area contributed by atoms with Gasteiger partial charge in [0.2, 0.25) is 0 Å². The van der Waals surface area contributed by atoms with Crippen molar-refractivity contribution in [2.24, 2.45) is 0 Å². The van der Waals surface area contributed by atoms with Crippen LogP contribution in [0.15, 0.2) is 72.8 Å². The van der Waals surface area contributed by atoms with Crippen molar-refractivity contribution in [3.8, 4) is 11.5 Å². The third kappa shape index (κ3) is 7.35. The topological polar surface area (TPSA) is 64.6 Å². The van der Waals surface area contributed by atoms with E-state index in [1.54, 1.807) is 30.3 Å². The summed E-state index contributed by atoms with van der Waals surface area (Å²) in [5, 5.41) is 2.90. The Bertz CT molecular complexity index is 1120. The molecule has 0 aliphatic heterocycles. The minimum Gasteiger partial charge on any atom is -0.494 e. The fourth-order valence-corrected chi connectivity index (χ4v) is 3.15. The molecule has 33 heavy (non-hydrogen) atoms. The molecule has 0 unspecified atom stereocenters. The number of carbonyl (C=O) groups is 2. The van der Waals surface area contributed by atoms with Gasteiger partial charge in [0.25, 0.3) is 5.91 Å². The fourth-order valence-electron chi connectivity index (χ4n) is 3.15. The van der Waals surface area contributed by atoms with E-state index in [0.717, 1.165) is 41.0 Å². The lowest BCUT2D eigenvalue weighted by atomic mass is 10.1. The number of benzene rings is 3. The van der Waals surface area contributed by atoms with E-state index in [0.29, 0.717) is 17.9 Å². The fraction of sp³-hybridized carbons (Fsp3) is 0.214. The van der Waals surface area contributed by atoms with Gasteiger partial charge >= 0.3 is 5.97 Å². The van der Waals surface area contributed by atoms with Crippen LogP contribution >= 0.6 is 0 Å². The van der Waals surface area contributed by atoms with Gasteiger partial charge in [-0.05, 0) is 79.9 Å². The van der Waals surface area contributed by atoms with Crippen LogP contribution in [0.4, 0.5) is 5.69 Å². The average Bonchev–Trinajstić information content (AvgIpc) is 2.81. The SMILES string of the molecule is CCCCOc1ccc(/C=C/C(=O)Oc2ccc(C(=O)Nc3ccc(C)cc3C)cc2)cc1. The molecule has 0 spiro atoms. The molecule has 0 saturated carbocycles. The van der Waals surface area contributed by atoms with Crippen LogP contribution < -0.4 is 14.8 Å². The Morgan fingerprint density at radius 1 is 0.909 bits per heavy atom. The van der Waals surface area contributed by atoms with E-state index >= 15 is 0 Å². The van der Waals surface area contributed by atoms with Gasteiger partial charge in [-0.2, -0.15) is 0 Å². The summed E-state index contributed by atoms with van der Waals surface area (Å²) < 4.78 is 11.0. The molecule has 0 aliphatic carbocycles. The zero-order valence-electron chi connectivity index (χ0n) is 19.3. The van der Waals surface area contributed by atoms with Crippen LogP contribution in [0, 0.1) is 13.8 Å². The molecule has 0 aliphatic rings. The van der Waals surface area contributed by atoms with Gasteiger partial charge in [-0.15, -0.1) is 0 Å². The summed E-state index contributed by atoms with van der Waals surface area (Å²) in [6, 6.07) is 19.8. The maximum Gasteiger partial charge on any atom is 0.336 e. The number of amides is 1. The molecular weight excluding hydrogens is 414 g/mol. The Labute approximate surface area is 195 Å². The molecule has 0 heterocycles. The lowest BCUT2D eigenvalue weighted by molar-refractivity contribution is -0.128. The normalized spacial score (nSPS) is 10.8. The summed E-state index contributed by atoms with van der Waals surface area (Å²) in [6.07, 6.45) is 5.16. The molecule has 0 aromatic heterocycles. The quantitative estimate of drug-likeness (QED) is 0.181. The van der Waals surface area contributed by atoms with Crippen molar-refractivity contribution >= 4 is 23.6 Å². The van der Waals surface area contributed by atoms with Crippen molar-refractivity contribution in [3.63, 3.8) is 0 Å². The van der Waals surface area contributed by atoms with Crippen LogP contribution in [0.25, 0.3) is 6.08 Å². The Hall–Kier alpha value is -3.86. The van der Waals surface area contributed by atoms with Gasteiger partial charge in [0, 0.05) is 17.3 Å². The van der Waals surface area contributed by atoms with Gasteiger partial charge in [-0.25, -0.2) is 4.79 Å². The monoisotopic (exact) mass is 443 g/mol. The molecule has 1 amide bonds. The van der Waals surface area contributed by atoms with Crippen LogP contribution in [0.3, 0.4) is 0 Å². The molecule has 0 atom stereocenters. The molecule has 0 radical (unpaired) electrons. The number of esters is 1. The van der Waals surface area contributed by atoms with Gasteiger partial charge in [0.05, 0.1) is 6.61 Å². The number of anilines is 1. The van der Waals surface area contributed by atoms with Gasteiger partial charge in [0.15, 0.2) is 0 Å². The number of aryl methyl sites for hydroxylation is 2. The lowest BCUT2D eigenvalue weighted by Crippen LogP contribution is -2.13. The van der Waals surface area contributed by atoms with Crippen LogP contribution in [0.5, 0.6) is 11.5 Å². The van der Waals surface area contributed by atoms with E-state index < -0.39 is 5.97 Å². The number of unbranched alkanes of at least 4 members (excludes halogenated alkanes) is 1. The highest BCUT2D eigenvalue weighted by atomic mass is 16.5. The van der Waals surface area contributed by atoms with Gasteiger partial charge in [-0.1, -0.05) is 43.2 Å². The predicted octanol–water partition coefficient (Wildman–Crippen LogP) is 6.35. The predicted molar refractivity (Wildman–Crippen MR) is 132 cm³/mol. The molecule has 5 heteroatoms. The second kappa shape index (κ2) is 11.7. The van der Waals surface area contributed by atoms with Gasteiger partial charge in [-0.3, -0.25) is 4.79 Å². The number of ether oxygens (including phenoxy) is 2. The van der Waals surface area contributed by atoms with Crippen molar-refractivity contribution in [1.29, 1.82) is 0 Å². The molecule has 0 fully saturated rings. The number of rotatable bonds is 9. The second-order valence-corrected chi connectivity index (χ2v) is 7.82. The average molecular weight is 444 g/mol. The van der Waals surface area contributed by atoms with Gasteiger partial charge < -0.3 is 14.8 Å².